The van der Waals surface area contributed by atoms with Gasteiger partial charge in [0.25, 0.3) is 5.69 Å². The molecule has 1 aliphatic carbocycles. The van der Waals surface area contributed by atoms with Crippen molar-refractivity contribution in [3.63, 3.8) is 0 Å². The van der Waals surface area contributed by atoms with E-state index in [4.69, 9.17) is 4.74 Å². The van der Waals surface area contributed by atoms with Crippen LogP contribution in [-0.4, -0.2) is 16.6 Å². The first kappa shape index (κ1) is 17.9. The van der Waals surface area contributed by atoms with Crippen LogP contribution in [0.4, 0.5) is 5.69 Å². The van der Waals surface area contributed by atoms with Crippen molar-refractivity contribution >= 4 is 11.6 Å². The number of carbonyl (C=O) groups is 1. The minimum absolute atomic E-state index is 0.219. The first-order valence-electron chi connectivity index (χ1n) is 8.89. The largest absolute Gasteiger partial charge is 0.345 e. The molecule has 4 rings (SSSR count). The molecule has 2 saturated heterocycles. The molecule has 140 valence electrons. The van der Waals surface area contributed by atoms with Crippen LogP contribution in [0.5, 0.6) is 0 Å². The maximum atomic E-state index is 13.0. The van der Waals surface area contributed by atoms with E-state index >= 15 is 0 Å². The number of hydrogen-bond donors (Lipinski definition) is 1. The number of ether oxygens (including phenoxy) is 1. The average molecular weight is 377 g/mol. The van der Waals surface area contributed by atoms with E-state index in [0.717, 1.165) is 12.8 Å². The third kappa shape index (κ3) is 1.88. The summed E-state index contributed by atoms with van der Waals surface area (Å²) in [5, 5.41) is 44.2. The van der Waals surface area contributed by atoms with E-state index in [2.05, 4.69) is 5.32 Å². The fourth-order valence-corrected chi connectivity index (χ4v) is 5.09. The SMILES string of the molecule is N#CC1(C#N)[C@H](c2cccc([N+](=O)[O-])c2)O[C@@]23CCCC[C@H]2[C@@]1(C#N)C(=O)N3. The van der Waals surface area contributed by atoms with Crippen molar-refractivity contribution in [2.75, 3.05) is 0 Å². The Bertz CT molecular complexity index is 1000. The minimum atomic E-state index is -2.14. The Morgan fingerprint density at radius 1 is 1.21 bits per heavy atom. The second-order valence-corrected chi connectivity index (χ2v) is 7.44. The number of non-ortho nitro benzene ring substituents is 1. The lowest BCUT2D eigenvalue weighted by molar-refractivity contribution is -0.385. The average Bonchev–Trinajstić information content (AvgIpc) is 2.92. The lowest BCUT2D eigenvalue weighted by atomic mass is 9.51. The lowest BCUT2D eigenvalue weighted by Crippen LogP contribution is -2.61. The van der Waals surface area contributed by atoms with Crippen LogP contribution in [0.1, 0.15) is 37.4 Å². The minimum Gasteiger partial charge on any atom is -0.345 e. The van der Waals surface area contributed by atoms with Gasteiger partial charge in [-0.05, 0) is 24.8 Å². The van der Waals surface area contributed by atoms with Gasteiger partial charge in [0.2, 0.25) is 11.3 Å². The van der Waals surface area contributed by atoms with E-state index < -0.39 is 39.4 Å². The van der Waals surface area contributed by atoms with E-state index in [-0.39, 0.29) is 11.3 Å². The Balaban J connectivity index is 1.99. The Morgan fingerprint density at radius 3 is 2.61 bits per heavy atom. The molecule has 4 atom stereocenters. The quantitative estimate of drug-likeness (QED) is 0.612. The first-order chi connectivity index (χ1) is 13.4. The number of nitro benzene ring substituents is 1. The highest BCUT2D eigenvalue weighted by atomic mass is 16.6. The van der Waals surface area contributed by atoms with Gasteiger partial charge in [0.15, 0.2) is 5.41 Å². The van der Waals surface area contributed by atoms with Crippen molar-refractivity contribution in [1.82, 2.24) is 5.32 Å². The van der Waals surface area contributed by atoms with E-state index in [9.17, 15) is 30.7 Å². The van der Waals surface area contributed by atoms with Gasteiger partial charge in [0.05, 0.1) is 23.1 Å². The second-order valence-electron chi connectivity index (χ2n) is 7.44. The van der Waals surface area contributed by atoms with Crippen LogP contribution in [0.15, 0.2) is 24.3 Å². The molecule has 1 aromatic carbocycles. The zero-order valence-electron chi connectivity index (χ0n) is 14.7. The highest BCUT2D eigenvalue weighted by molar-refractivity contribution is 5.92. The summed E-state index contributed by atoms with van der Waals surface area (Å²) in [5.41, 5.74) is -5.21. The van der Waals surface area contributed by atoms with Gasteiger partial charge in [0, 0.05) is 18.1 Å². The summed E-state index contributed by atoms with van der Waals surface area (Å²) in [6.45, 7) is 0. The van der Waals surface area contributed by atoms with Gasteiger partial charge in [-0.15, -0.1) is 0 Å². The van der Waals surface area contributed by atoms with Crippen molar-refractivity contribution in [2.45, 2.75) is 37.5 Å². The van der Waals surface area contributed by atoms with Gasteiger partial charge in [-0.1, -0.05) is 18.6 Å². The third-order valence-corrected chi connectivity index (χ3v) is 6.32. The summed E-state index contributed by atoms with van der Waals surface area (Å²) >= 11 is 0. The molecule has 0 aromatic heterocycles. The molecule has 1 N–H and O–H groups in total. The Morgan fingerprint density at radius 2 is 1.96 bits per heavy atom. The second kappa shape index (κ2) is 5.76. The van der Waals surface area contributed by atoms with Crippen molar-refractivity contribution in [3.05, 3.63) is 39.9 Å². The lowest BCUT2D eigenvalue weighted by Gasteiger charge is -2.52. The van der Waals surface area contributed by atoms with E-state index in [1.54, 1.807) is 0 Å². The van der Waals surface area contributed by atoms with Gasteiger partial charge in [-0.3, -0.25) is 14.9 Å². The van der Waals surface area contributed by atoms with Crippen molar-refractivity contribution < 1.29 is 14.5 Å². The van der Waals surface area contributed by atoms with Gasteiger partial charge < -0.3 is 10.1 Å². The summed E-state index contributed by atoms with van der Waals surface area (Å²) in [5.74, 6) is -1.32. The first-order valence-corrected chi connectivity index (χ1v) is 8.89. The molecule has 0 spiro atoms. The normalized spacial score (nSPS) is 34.8. The summed E-state index contributed by atoms with van der Waals surface area (Å²) in [6, 6.07) is 11.3. The number of rotatable bonds is 2. The topological polar surface area (TPSA) is 153 Å². The summed E-state index contributed by atoms with van der Waals surface area (Å²) in [7, 11) is 0. The molecule has 0 radical (unpaired) electrons. The maximum absolute atomic E-state index is 13.0. The molecule has 0 unspecified atom stereocenters. The van der Waals surface area contributed by atoms with Crippen LogP contribution in [0.25, 0.3) is 0 Å². The summed E-state index contributed by atoms with van der Waals surface area (Å²) in [6.07, 6.45) is 1.15. The summed E-state index contributed by atoms with van der Waals surface area (Å²) in [4.78, 5) is 23.6. The molecule has 1 amide bonds. The summed E-state index contributed by atoms with van der Waals surface area (Å²) < 4.78 is 6.23. The van der Waals surface area contributed by atoms with E-state index in [1.807, 2.05) is 18.2 Å². The molecule has 2 heterocycles. The smallest absolute Gasteiger partial charge is 0.269 e. The third-order valence-electron chi connectivity index (χ3n) is 6.32. The van der Waals surface area contributed by atoms with Gasteiger partial charge in [0.1, 0.15) is 11.8 Å². The highest BCUT2D eigenvalue weighted by Crippen LogP contribution is 2.67. The highest BCUT2D eigenvalue weighted by Gasteiger charge is 2.80. The predicted molar refractivity (Wildman–Crippen MR) is 91.5 cm³/mol. The van der Waals surface area contributed by atoms with E-state index in [0.29, 0.717) is 12.8 Å². The molecular weight excluding hydrogens is 362 g/mol. The zero-order chi connectivity index (χ0) is 20.2. The van der Waals surface area contributed by atoms with Crippen molar-refractivity contribution in [3.8, 4) is 18.2 Å². The molecular formula is C19H15N5O4. The van der Waals surface area contributed by atoms with Crippen LogP contribution in [0.2, 0.25) is 0 Å². The van der Waals surface area contributed by atoms with Gasteiger partial charge in [-0.25, -0.2) is 0 Å². The van der Waals surface area contributed by atoms with Crippen molar-refractivity contribution in [1.29, 1.82) is 15.8 Å². The fourth-order valence-electron chi connectivity index (χ4n) is 5.09. The van der Waals surface area contributed by atoms with Crippen LogP contribution >= 0.6 is 0 Å². The Labute approximate surface area is 160 Å². The molecule has 9 nitrogen and oxygen atoms in total. The number of amides is 1. The molecule has 28 heavy (non-hydrogen) atoms. The Kier molecular flexibility index (Phi) is 3.68. The number of carbonyl (C=O) groups excluding carboxylic acids is 1. The fraction of sp³-hybridized carbons (Fsp3) is 0.474. The van der Waals surface area contributed by atoms with Crippen LogP contribution in [-0.2, 0) is 9.53 Å². The molecule has 9 heteroatoms. The van der Waals surface area contributed by atoms with Crippen LogP contribution in [0, 0.1) is 60.9 Å². The zero-order valence-corrected chi connectivity index (χ0v) is 14.7. The van der Waals surface area contributed by atoms with Gasteiger partial charge >= 0.3 is 0 Å². The standard InChI is InChI=1S/C19H15N5O4/c20-9-17(10-21)15(12-4-3-5-13(8-12)24(26)27)28-19-7-2-1-6-14(19)18(17,11-22)16(25)23-19/h3-5,8,14-15H,1-2,6-7H2,(H,23,25)/t14-,15-,18-,19-/m0/s1. The van der Waals surface area contributed by atoms with Crippen molar-refractivity contribution in [2.24, 2.45) is 16.7 Å². The van der Waals surface area contributed by atoms with E-state index in [1.165, 1.54) is 24.3 Å². The number of nitriles is 3. The maximum Gasteiger partial charge on any atom is 0.269 e. The number of hydrogen-bond acceptors (Lipinski definition) is 7. The molecule has 1 aromatic rings. The Hall–Kier alpha value is -3.48. The molecule has 3 fully saturated rings. The predicted octanol–water partition coefficient (Wildman–Crippen LogP) is 2.23. The number of benzene rings is 1. The van der Waals surface area contributed by atoms with Crippen LogP contribution < -0.4 is 5.32 Å². The van der Waals surface area contributed by atoms with Crippen LogP contribution in [0.3, 0.4) is 0 Å². The molecule has 1 saturated carbocycles. The molecule has 3 aliphatic rings. The van der Waals surface area contributed by atoms with Gasteiger partial charge in [-0.2, -0.15) is 15.8 Å². The molecule has 2 bridgehead atoms. The number of nitro groups is 1. The molecule has 2 aliphatic heterocycles. The number of nitrogens with zero attached hydrogens (tertiary/aromatic N) is 4. The number of nitrogens with one attached hydrogen (secondary N) is 1. The monoisotopic (exact) mass is 377 g/mol.